The highest BCUT2D eigenvalue weighted by molar-refractivity contribution is 6.40. The molecular weight excluding hydrogens is 608 g/mol. The number of carboxylic acid groups (broad SMARTS) is 1. The van der Waals surface area contributed by atoms with Gasteiger partial charge in [-0.15, -0.1) is 5.10 Å². The Morgan fingerprint density at radius 1 is 1.00 bits per heavy atom. The number of carbonyl (C=O) groups is 4. The highest BCUT2D eigenvalue weighted by Gasteiger charge is 2.26. The first-order valence-electron chi connectivity index (χ1n) is 13.6. The number of rotatable bonds is 9. The number of nitrogens with one attached hydrogen (secondary N) is 3. The van der Waals surface area contributed by atoms with Crippen molar-refractivity contribution in [2.75, 3.05) is 35.3 Å². The normalized spacial score (nSPS) is 15.2. The molecule has 15 nitrogen and oxygen atoms in total. The molecule has 1 saturated heterocycles. The first kappa shape index (κ1) is 31.1. The van der Waals surface area contributed by atoms with Crippen LogP contribution in [0, 0.1) is 0 Å². The molecule has 5 rings (SSSR count). The van der Waals surface area contributed by atoms with Gasteiger partial charge in [-0.25, -0.2) is 4.79 Å². The molecular formula is C29H27ClN8O7. The summed E-state index contributed by atoms with van der Waals surface area (Å²) < 4.78 is 6.55. The van der Waals surface area contributed by atoms with Crippen molar-refractivity contribution < 1.29 is 34.1 Å². The third kappa shape index (κ3) is 7.77. The number of carbonyl (C=O) groups excluding carboxylic acids is 3. The van der Waals surface area contributed by atoms with Crippen LogP contribution in [0.1, 0.15) is 15.9 Å². The summed E-state index contributed by atoms with van der Waals surface area (Å²) in [6.45, 7) is 1.14. The Labute approximate surface area is 260 Å². The van der Waals surface area contributed by atoms with Crippen molar-refractivity contribution in [1.82, 2.24) is 25.5 Å². The fraction of sp³-hybridized carbons (Fsp3) is 0.207. The lowest BCUT2D eigenvalue weighted by Crippen LogP contribution is -2.49. The highest BCUT2D eigenvalue weighted by atomic mass is 35.5. The van der Waals surface area contributed by atoms with E-state index in [2.05, 4.69) is 31.5 Å². The number of ether oxygens (including phenoxy) is 1. The van der Waals surface area contributed by atoms with Gasteiger partial charge in [0.25, 0.3) is 0 Å². The molecule has 0 aliphatic carbocycles. The van der Waals surface area contributed by atoms with E-state index in [1.807, 2.05) is 0 Å². The minimum atomic E-state index is -1.22. The standard InChI is InChI=1S/C29H27ClN8O7/c30-19-5-10-24(38-16-31-35-36-38)22(14-19)33-27(41)28(42)34-23(26(40)32-20-6-3-18(4-7-20)29(43)44)13-17-1-8-21(9-2-17)37-11-12-45-15-25(37)39/h1-10,14,16,23,25,39H,11-13,15H2,(H,32,40)(H,33,41)(H,34,42)(H,43,44). The minimum absolute atomic E-state index is 0.00293. The van der Waals surface area contributed by atoms with E-state index in [0.717, 1.165) is 5.69 Å². The third-order valence-corrected chi connectivity index (χ3v) is 7.08. The zero-order valence-electron chi connectivity index (χ0n) is 23.5. The molecule has 232 valence electrons. The Bertz CT molecular complexity index is 1680. The number of tetrazole rings is 1. The molecule has 2 unspecified atom stereocenters. The number of morpholine rings is 1. The number of amides is 3. The van der Waals surface area contributed by atoms with Crippen molar-refractivity contribution >= 4 is 52.4 Å². The maximum Gasteiger partial charge on any atom is 0.335 e. The highest BCUT2D eigenvalue weighted by Crippen LogP contribution is 2.24. The summed E-state index contributed by atoms with van der Waals surface area (Å²) in [7, 11) is 0. The Morgan fingerprint density at radius 3 is 2.42 bits per heavy atom. The second-order valence-electron chi connectivity index (χ2n) is 9.89. The van der Waals surface area contributed by atoms with Crippen molar-refractivity contribution in [2.24, 2.45) is 0 Å². The topological polar surface area (TPSA) is 201 Å². The lowest BCUT2D eigenvalue weighted by atomic mass is 10.0. The Morgan fingerprint density at radius 2 is 1.76 bits per heavy atom. The molecule has 2 atom stereocenters. The maximum atomic E-state index is 13.4. The van der Waals surface area contributed by atoms with Gasteiger partial charge in [0.1, 0.15) is 12.4 Å². The molecule has 1 aliphatic heterocycles. The van der Waals surface area contributed by atoms with Crippen LogP contribution in [0.3, 0.4) is 0 Å². The fourth-order valence-corrected chi connectivity index (χ4v) is 4.74. The number of aliphatic hydroxyl groups excluding tert-OH is 1. The van der Waals surface area contributed by atoms with Gasteiger partial charge in [0.2, 0.25) is 5.91 Å². The predicted octanol–water partition coefficient (Wildman–Crippen LogP) is 1.47. The largest absolute Gasteiger partial charge is 0.478 e. The van der Waals surface area contributed by atoms with Gasteiger partial charge in [-0.3, -0.25) is 14.4 Å². The number of hydrogen-bond acceptors (Lipinski definition) is 10. The van der Waals surface area contributed by atoms with Crippen molar-refractivity contribution in [3.63, 3.8) is 0 Å². The minimum Gasteiger partial charge on any atom is -0.478 e. The van der Waals surface area contributed by atoms with Gasteiger partial charge >= 0.3 is 17.8 Å². The molecule has 3 amide bonds. The summed E-state index contributed by atoms with van der Waals surface area (Å²) in [4.78, 5) is 52.5. The number of carboxylic acids is 1. The molecule has 0 spiro atoms. The van der Waals surface area contributed by atoms with Gasteiger partial charge in [0, 0.05) is 29.4 Å². The molecule has 1 aliphatic rings. The molecule has 5 N–H and O–H groups in total. The quantitative estimate of drug-likeness (QED) is 0.167. The van der Waals surface area contributed by atoms with Crippen LogP contribution in [0.25, 0.3) is 5.69 Å². The molecule has 3 aromatic carbocycles. The first-order valence-corrected chi connectivity index (χ1v) is 14.0. The Kier molecular flexibility index (Phi) is 9.62. The molecule has 16 heteroatoms. The fourth-order valence-electron chi connectivity index (χ4n) is 4.57. The number of aliphatic hydroxyl groups is 1. The summed E-state index contributed by atoms with van der Waals surface area (Å²) >= 11 is 6.11. The van der Waals surface area contributed by atoms with E-state index in [1.165, 1.54) is 41.3 Å². The average Bonchev–Trinajstić information content (AvgIpc) is 3.56. The van der Waals surface area contributed by atoms with Crippen LogP contribution in [0.5, 0.6) is 0 Å². The summed E-state index contributed by atoms with van der Waals surface area (Å²) in [6, 6.07) is 15.8. The van der Waals surface area contributed by atoms with Gasteiger partial charge in [-0.1, -0.05) is 23.7 Å². The van der Waals surface area contributed by atoms with E-state index in [1.54, 1.807) is 41.3 Å². The zero-order chi connectivity index (χ0) is 31.9. The Hall–Kier alpha value is -5.38. The maximum absolute atomic E-state index is 13.4. The van der Waals surface area contributed by atoms with Crippen LogP contribution in [-0.2, 0) is 25.5 Å². The van der Waals surface area contributed by atoms with Crippen molar-refractivity contribution in [3.8, 4) is 5.69 Å². The Balaban J connectivity index is 1.33. The SMILES string of the molecule is O=C(Nc1cc(Cl)ccc1-n1cnnn1)C(=O)NC(Cc1ccc(N2CCOCC2O)cc1)C(=O)Nc1ccc(C(=O)O)cc1. The average molecular weight is 635 g/mol. The van der Waals surface area contributed by atoms with Gasteiger partial charge < -0.3 is 35.8 Å². The van der Waals surface area contributed by atoms with E-state index < -0.39 is 36.0 Å². The molecule has 0 saturated carbocycles. The number of aromatic nitrogens is 4. The monoisotopic (exact) mass is 634 g/mol. The molecule has 2 heterocycles. The predicted molar refractivity (Wildman–Crippen MR) is 161 cm³/mol. The number of halogens is 1. The number of aromatic carboxylic acids is 1. The van der Waals surface area contributed by atoms with Crippen LogP contribution in [-0.4, -0.2) is 86.1 Å². The lowest BCUT2D eigenvalue weighted by molar-refractivity contribution is -0.137. The van der Waals surface area contributed by atoms with Crippen LogP contribution in [0.4, 0.5) is 17.1 Å². The molecule has 1 fully saturated rings. The second kappa shape index (κ2) is 13.9. The first-order chi connectivity index (χ1) is 21.7. The van der Waals surface area contributed by atoms with Crippen molar-refractivity contribution in [2.45, 2.75) is 18.7 Å². The zero-order valence-corrected chi connectivity index (χ0v) is 24.2. The third-order valence-electron chi connectivity index (χ3n) is 6.84. The van der Waals surface area contributed by atoms with Gasteiger partial charge in [0.05, 0.1) is 30.2 Å². The van der Waals surface area contributed by atoms with E-state index >= 15 is 0 Å². The number of anilines is 3. The summed E-state index contributed by atoms with van der Waals surface area (Å²) in [5.41, 5.74) is 2.21. The molecule has 4 aromatic rings. The van der Waals surface area contributed by atoms with Gasteiger partial charge in [-0.05, 0) is 70.6 Å². The second-order valence-corrected chi connectivity index (χ2v) is 10.3. The van der Waals surface area contributed by atoms with E-state index in [4.69, 9.17) is 21.4 Å². The van der Waals surface area contributed by atoms with Crippen LogP contribution in [0.15, 0.2) is 73.1 Å². The number of benzene rings is 3. The van der Waals surface area contributed by atoms with Crippen molar-refractivity contribution in [3.05, 3.63) is 89.2 Å². The van der Waals surface area contributed by atoms with E-state index in [0.29, 0.717) is 24.4 Å². The number of hydrogen-bond donors (Lipinski definition) is 5. The van der Waals surface area contributed by atoms with Crippen LogP contribution in [0.2, 0.25) is 5.02 Å². The van der Waals surface area contributed by atoms with Crippen LogP contribution < -0.4 is 20.9 Å². The van der Waals surface area contributed by atoms with E-state index in [-0.39, 0.29) is 35.0 Å². The smallest absolute Gasteiger partial charge is 0.335 e. The summed E-state index contributed by atoms with van der Waals surface area (Å²) in [5, 5.41) is 38.2. The van der Waals surface area contributed by atoms with Crippen molar-refractivity contribution in [1.29, 1.82) is 0 Å². The lowest BCUT2D eigenvalue weighted by Gasteiger charge is -2.34. The molecule has 0 radical (unpaired) electrons. The summed E-state index contributed by atoms with van der Waals surface area (Å²) in [6.07, 6.45) is 0.499. The molecule has 0 bridgehead atoms. The van der Waals surface area contributed by atoms with E-state index in [9.17, 15) is 24.3 Å². The molecule has 45 heavy (non-hydrogen) atoms. The van der Waals surface area contributed by atoms with Gasteiger partial charge in [0.15, 0.2) is 6.23 Å². The summed E-state index contributed by atoms with van der Waals surface area (Å²) in [5.74, 6) is -3.96. The number of nitrogens with zero attached hydrogens (tertiary/aromatic N) is 5. The van der Waals surface area contributed by atoms with Crippen LogP contribution >= 0.6 is 11.6 Å². The van der Waals surface area contributed by atoms with Gasteiger partial charge in [-0.2, -0.15) is 4.68 Å². The molecule has 1 aromatic heterocycles.